The van der Waals surface area contributed by atoms with Gasteiger partial charge in [-0.15, -0.1) is 0 Å². The Balaban J connectivity index is 2.43. The van der Waals surface area contributed by atoms with Crippen molar-refractivity contribution < 1.29 is 0 Å². The summed E-state index contributed by atoms with van der Waals surface area (Å²) in [4.78, 5) is 0. The van der Waals surface area contributed by atoms with Gasteiger partial charge >= 0.3 is 0 Å². The minimum atomic E-state index is 0.315. The topological polar surface area (TPSA) is 38.0 Å². The van der Waals surface area contributed by atoms with E-state index >= 15 is 0 Å². The molecule has 0 radical (unpaired) electrons. The van der Waals surface area contributed by atoms with E-state index in [-0.39, 0.29) is 0 Å². The predicted molar refractivity (Wildman–Crippen MR) is 73.9 cm³/mol. The maximum atomic E-state index is 5.94. The van der Waals surface area contributed by atoms with Gasteiger partial charge in [-0.25, -0.2) is 0 Å². The van der Waals surface area contributed by atoms with Gasteiger partial charge < -0.3 is 0 Å². The summed E-state index contributed by atoms with van der Waals surface area (Å²) in [7, 11) is 0. The van der Waals surface area contributed by atoms with Crippen molar-refractivity contribution in [2.24, 2.45) is 5.84 Å². The number of hydrogen-bond acceptors (Lipinski definition) is 3. The van der Waals surface area contributed by atoms with Crippen LogP contribution in [0, 0.1) is 0 Å². The zero-order valence-corrected chi connectivity index (χ0v) is 11.2. The molecule has 0 bridgehead atoms. The molecule has 0 heterocycles. The van der Waals surface area contributed by atoms with Crippen LogP contribution in [-0.4, -0.2) is 17.5 Å². The molecule has 1 aromatic carbocycles. The Kier molecular flexibility index (Phi) is 6.88. The van der Waals surface area contributed by atoms with E-state index in [0.29, 0.717) is 6.04 Å². The molecule has 2 nitrogen and oxygen atoms in total. The van der Waals surface area contributed by atoms with Crippen LogP contribution in [0.3, 0.4) is 0 Å². The monoisotopic (exact) mass is 258 g/mol. The highest BCUT2D eigenvalue weighted by atomic mass is 35.5. The molecule has 0 fully saturated rings. The lowest BCUT2D eigenvalue weighted by Gasteiger charge is -2.15. The Hall–Kier alpha value is -0.220. The number of halogens is 1. The number of rotatable bonds is 7. The molecule has 0 saturated carbocycles. The summed E-state index contributed by atoms with van der Waals surface area (Å²) in [6.45, 7) is 2.19. The van der Waals surface area contributed by atoms with Crippen LogP contribution in [0.15, 0.2) is 24.3 Å². The Morgan fingerprint density at radius 1 is 1.50 bits per heavy atom. The van der Waals surface area contributed by atoms with Gasteiger partial charge in [-0.2, -0.15) is 11.8 Å². The fourth-order valence-corrected chi connectivity index (χ4v) is 2.65. The average molecular weight is 259 g/mol. The Morgan fingerprint density at radius 3 is 2.94 bits per heavy atom. The predicted octanol–water partition coefficient (Wildman–Crippen LogP) is 2.86. The molecule has 0 aromatic heterocycles. The molecule has 1 aromatic rings. The summed E-state index contributed by atoms with van der Waals surface area (Å²) in [5.41, 5.74) is 4.09. The van der Waals surface area contributed by atoms with Crippen molar-refractivity contribution in [3.63, 3.8) is 0 Å². The van der Waals surface area contributed by atoms with E-state index < -0.39 is 0 Å². The highest BCUT2D eigenvalue weighted by Gasteiger charge is 2.07. The summed E-state index contributed by atoms with van der Waals surface area (Å²) in [6.07, 6.45) is 2.13. The fraction of sp³-hybridized carbons (Fsp3) is 0.500. The minimum Gasteiger partial charge on any atom is -0.271 e. The van der Waals surface area contributed by atoms with E-state index in [1.54, 1.807) is 0 Å². The van der Waals surface area contributed by atoms with Crippen LogP contribution in [0.2, 0.25) is 5.02 Å². The first-order chi connectivity index (χ1) is 7.76. The van der Waals surface area contributed by atoms with E-state index in [0.717, 1.165) is 17.2 Å². The largest absolute Gasteiger partial charge is 0.271 e. The summed E-state index contributed by atoms with van der Waals surface area (Å²) >= 11 is 7.88. The molecule has 1 unspecified atom stereocenters. The third-order valence-electron chi connectivity index (χ3n) is 2.27. The lowest BCUT2D eigenvalue weighted by atomic mass is 10.1. The third-order valence-corrected chi connectivity index (χ3v) is 3.84. The molecule has 0 spiro atoms. The summed E-state index contributed by atoms with van der Waals surface area (Å²) < 4.78 is 0. The fourth-order valence-electron chi connectivity index (χ4n) is 1.48. The number of thioether (sulfide) groups is 1. The van der Waals surface area contributed by atoms with E-state index in [2.05, 4.69) is 18.4 Å². The lowest BCUT2D eigenvalue weighted by molar-refractivity contribution is 0.575. The zero-order valence-electron chi connectivity index (χ0n) is 9.58. The van der Waals surface area contributed by atoms with Crippen LogP contribution in [0.4, 0.5) is 0 Å². The molecule has 0 aliphatic rings. The lowest BCUT2D eigenvalue weighted by Crippen LogP contribution is -2.38. The van der Waals surface area contributed by atoms with Gasteiger partial charge in [-0.1, -0.05) is 30.7 Å². The van der Waals surface area contributed by atoms with E-state index in [1.165, 1.54) is 17.7 Å². The molecule has 0 saturated heterocycles. The van der Waals surface area contributed by atoms with Gasteiger partial charge in [0.05, 0.1) is 0 Å². The van der Waals surface area contributed by atoms with E-state index in [1.807, 2.05) is 30.0 Å². The maximum Gasteiger partial charge on any atom is 0.0408 e. The van der Waals surface area contributed by atoms with Crippen LogP contribution in [0.1, 0.15) is 18.9 Å². The van der Waals surface area contributed by atoms with Crippen molar-refractivity contribution >= 4 is 23.4 Å². The first-order valence-corrected chi connectivity index (χ1v) is 7.07. The Labute approximate surface area is 107 Å². The first kappa shape index (κ1) is 13.8. The molecule has 1 rings (SSSR count). The standard InChI is InChI=1S/C12H19ClN2S/c1-2-6-16-9-12(15-14)8-10-4-3-5-11(13)7-10/h3-5,7,12,15H,2,6,8-9,14H2,1H3. The van der Waals surface area contributed by atoms with Crippen LogP contribution >= 0.6 is 23.4 Å². The third kappa shape index (κ3) is 5.21. The highest BCUT2D eigenvalue weighted by molar-refractivity contribution is 7.99. The first-order valence-electron chi connectivity index (χ1n) is 5.54. The Morgan fingerprint density at radius 2 is 2.31 bits per heavy atom. The average Bonchev–Trinajstić information content (AvgIpc) is 2.28. The second kappa shape index (κ2) is 7.96. The van der Waals surface area contributed by atoms with Crippen LogP contribution < -0.4 is 11.3 Å². The normalized spacial score (nSPS) is 12.7. The van der Waals surface area contributed by atoms with Crippen molar-refractivity contribution in [3.8, 4) is 0 Å². The quantitative estimate of drug-likeness (QED) is 0.449. The van der Waals surface area contributed by atoms with Gasteiger partial charge in [0, 0.05) is 16.8 Å². The van der Waals surface area contributed by atoms with Gasteiger partial charge in [0.2, 0.25) is 0 Å². The molecule has 4 heteroatoms. The molecule has 0 amide bonds. The van der Waals surface area contributed by atoms with Gasteiger partial charge in [0.25, 0.3) is 0 Å². The van der Waals surface area contributed by atoms with Gasteiger partial charge in [-0.3, -0.25) is 11.3 Å². The van der Waals surface area contributed by atoms with E-state index in [4.69, 9.17) is 17.4 Å². The number of hydrazine groups is 1. The summed E-state index contributed by atoms with van der Waals surface area (Å²) in [5, 5.41) is 0.787. The molecule has 90 valence electrons. The number of benzene rings is 1. The van der Waals surface area contributed by atoms with Gasteiger partial charge in [-0.05, 0) is 36.3 Å². The van der Waals surface area contributed by atoms with Crippen molar-refractivity contribution in [2.75, 3.05) is 11.5 Å². The SMILES string of the molecule is CCCSCC(Cc1cccc(Cl)c1)NN. The van der Waals surface area contributed by atoms with Crippen molar-refractivity contribution in [1.82, 2.24) is 5.43 Å². The Bertz CT molecular complexity index is 307. The zero-order chi connectivity index (χ0) is 11.8. The van der Waals surface area contributed by atoms with Crippen LogP contribution in [0.25, 0.3) is 0 Å². The highest BCUT2D eigenvalue weighted by Crippen LogP contribution is 2.14. The smallest absolute Gasteiger partial charge is 0.0408 e. The van der Waals surface area contributed by atoms with Gasteiger partial charge in [0.1, 0.15) is 0 Å². The van der Waals surface area contributed by atoms with Crippen molar-refractivity contribution in [3.05, 3.63) is 34.9 Å². The second-order valence-electron chi connectivity index (χ2n) is 3.77. The molecule has 1 atom stereocenters. The van der Waals surface area contributed by atoms with Crippen molar-refractivity contribution in [2.45, 2.75) is 25.8 Å². The summed E-state index contributed by atoms with van der Waals surface area (Å²) in [6, 6.07) is 8.26. The molecule has 0 aliphatic heterocycles. The summed E-state index contributed by atoms with van der Waals surface area (Å²) in [5.74, 6) is 7.77. The van der Waals surface area contributed by atoms with E-state index in [9.17, 15) is 0 Å². The molecular weight excluding hydrogens is 240 g/mol. The minimum absolute atomic E-state index is 0.315. The molecular formula is C12H19ClN2S. The molecule has 0 aliphatic carbocycles. The maximum absolute atomic E-state index is 5.94. The number of hydrogen-bond donors (Lipinski definition) is 2. The molecule has 3 N–H and O–H groups in total. The number of nitrogens with one attached hydrogen (secondary N) is 1. The van der Waals surface area contributed by atoms with Crippen molar-refractivity contribution in [1.29, 1.82) is 0 Å². The molecule has 16 heavy (non-hydrogen) atoms. The number of nitrogens with two attached hydrogens (primary N) is 1. The van der Waals surface area contributed by atoms with Crippen LogP contribution in [0.5, 0.6) is 0 Å². The van der Waals surface area contributed by atoms with Crippen LogP contribution in [-0.2, 0) is 6.42 Å². The van der Waals surface area contributed by atoms with Gasteiger partial charge in [0.15, 0.2) is 0 Å². The second-order valence-corrected chi connectivity index (χ2v) is 5.36.